The van der Waals surface area contributed by atoms with Crippen molar-refractivity contribution < 1.29 is 22.7 Å². The molecule has 1 amide bonds. The van der Waals surface area contributed by atoms with Gasteiger partial charge in [0, 0.05) is 5.57 Å². The van der Waals surface area contributed by atoms with Gasteiger partial charge in [-0.1, -0.05) is 30.3 Å². The summed E-state index contributed by atoms with van der Waals surface area (Å²) in [4.78, 5) is 12.4. The van der Waals surface area contributed by atoms with Crippen LogP contribution in [0.1, 0.15) is 19.4 Å². The van der Waals surface area contributed by atoms with Gasteiger partial charge in [0.2, 0.25) is 0 Å². The third kappa shape index (κ3) is 3.46. The number of carbonyl (C=O) groups excluding carboxylic acids is 1. The van der Waals surface area contributed by atoms with Crippen LogP contribution in [0.5, 0.6) is 0 Å². The van der Waals surface area contributed by atoms with Crippen LogP contribution < -0.4 is 5.32 Å². The van der Waals surface area contributed by atoms with E-state index in [9.17, 15) is 18.0 Å². The number of amides is 1. The number of ether oxygens (including phenoxy) is 1. The van der Waals surface area contributed by atoms with Gasteiger partial charge in [0.1, 0.15) is 12.1 Å². The van der Waals surface area contributed by atoms with Gasteiger partial charge in [0.05, 0.1) is 9.68 Å². The minimum atomic E-state index is -4.39. The van der Waals surface area contributed by atoms with Gasteiger partial charge >= 0.3 is 6.18 Å². The van der Waals surface area contributed by atoms with Gasteiger partial charge in [-0.15, -0.1) is 0 Å². The smallest absolute Gasteiger partial charge is 0.360 e. The van der Waals surface area contributed by atoms with Crippen molar-refractivity contribution in [2.75, 3.05) is 6.61 Å². The molecular formula is C19H17F3INO2. The number of benzene rings is 1. The van der Waals surface area contributed by atoms with Crippen LogP contribution in [0.4, 0.5) is 13.2 Å². The Labute approximate surface area is 163 Å². The molecule has 1 aliphatic carbocycles. The molecule has 1 aromatic carbocycles. The van der Waals surface area contributed by atoms with Crippen LogP contribution >= 0.6 is 22.6 Å². The quantitative estimate of drug-likeness (QED) is 0.515. The molecule has 3 nitrogen and oxygen atoms in total. The van der Waals surface area contributed by atoms with E-state index in [-0.39, 0.29) is 5.91 Å². The van der Waals surface area contributed by atoms with Crippen molar-refractivity contribution >= 4 is 34.1 Å². The van der Waals surface area contributed by atoms with Crippen molar-refractivity contribution in [3.63, 3.8) is 0 Å². The lowest BCUT2D eigenvalue weighted by Gasteiger charge is -2.36. The fourth-order valence-electron chi connectivity index (χ4n) is 3.34. The Bertz CT molecular complexity index is 827. The van der Waals surface area contributed by atoms with Gasteiger partial charge < -0.3 is 10.1 Å². The Morgan fingerprint density at radius 2 is 1.88 bits per heavy atom. The molecule has 1 aliphatic heterocycles. The van der Waals surface area contributed by atoms with Crippen LogP contribution in [0, 0.1) is 0 Å². The molecule has 1 aromatic rings. The first-order chi connectivity index (χ1) is 12.1. The van der Waals surface area contributed by atoms with E-state index in [1.54, 1.807) is 26.0 Å². The minimum absolute atomic E-state index is 0.198. The summed E-state index contributed by atoms with van der Waals surface area (Å²) in [5, 5.41) is 3.00. The molecule has 7 heteroatoms. The van der Waals surface area contributed by atoms with Crippen molar-refractivity contribution in [1.82, 2.24) is 5.32 Å². The van der Waals surface area contributed by atoms with Crippen LogP contribution in [-0.4, -0.2) is 30.3 Å². The van der Waals surface area contributed by atoms with Crippen LogP contribution in [0.2, 0.25) is 0 Å². The first kappa shape index (κ1) is 19.2. The molecule has 0 saturated heterocycles. The molecule has 1 spiro atoms. The maximum Gasteiger partial charge on any atom is 0.411 e. The average Bonchev–Trinajstić information content (AvgIpc) is 2.81. The summed E-state index contributed by atoms with van der Waals surface area (Å²) < 4.78 is 43.1. The fraction of sp³-hybridized carbons (Fsp3) is 0.316. The third-order valence-electron chi connectivity index (χ3n) is 4.53. The lowest BCUT2D eigenvalue weighted by Crippen LogP contribution is -2.46. The molecule has 0 saturated carbocycles. The highest BCUT2D eigenvalue weighted by Crippen LogP contribution is 2.46. The van der Waals surface area contributed by atoms with Crippen molar-refractivity contribution in [2.45, 2.75) is 31.7 Å². The number of halogens is 4. The predicted molar refractivity (Wildman–Crippen MR) is 102 cm³/mol. The molecule has 1 N–H and O–H groups in total. The Kier molecular flexibility index (Phi) is 5.04. The summed E-state index contributed by atoms with van der Waals surface area (Å²) in [5.41, 5.74) is 2.19. The number of rotatable bonds is 3. The van der Waals surface area contributed by atoms with E-state index >= 15 is 0 Å². The molecule has 2 unspecified atom stereocenters. The molecular weight excluding hydrogens is 458 g/mol. The van der Waals surface area contributed by atoms with Gasteiger partial charge in [-0.25, -0.2) is 0 Å². The number of hydrogen-bond acceptors (Lipinski definition) is 2. The lowest BCUT2D eigenvalue weighted by atomic mass is 9.76. The van der Waals surface area contributed by atoms with E-state index in [4.69, 9.17) is 4.74 Å². The van der Waals surface area contributed by atoms with Crippen LogP contribution in [0.3, 0.4) is 0 Å². The molecule has 0 bridgehead atoms. The number of carbonyl (C=O) groups is 1. The topological polar surface area (TPSA) is 38.3 Å². The maximum atomic E-state index is 12.5. The highest BCUT2D eigenvalue weighted by Gasteiger charge is 2.47. The summed E-state index contributed by atoms with van der Waals surface area (Å²) in [6.07, 6.45) is -1.70. The van der Waals surface area contributed by atoms with E-state index in [1.807, 2.05) is 52.9 Å². The molecule has 138 valence electrons. The zero-order valence-corrected chi connectivity index (χ0v) is 16.3. The second-order valence-electron chi connectivity index (χ2n) is 6.40. The van der Waals surface area contributed by atoms with E-state index in [1.165, 1.54) is 0 Å². The Balaban J connectivity index is 2.01. The number of alkyl halides is 3. The average molecular weight is 475 g/mol. The molecule has 2 aliphatic rings. The number of hydrogen-bond donors (Lipinski definition) is 1. The predicted octanol–water partition coefficient (Wildman–Crippen LogP) is 4.56. The van der Waals surface area contributed by atoms with Crippen molar-refractivity contribution in [2.24, 2.45) is 0 Å². The van der Waals surface area contributed by atoms with Crippen LogP contribution in [0.25, 0.3) is 5.57 Å². The largest absolute Gasteiger partial charge is 0.411 e. The molecule has 0 radical (unpaired) electrons. The zero-order chi connectivity index (χ0) is 19.1. The second-order valence-corrected chi connectivity index (χ2v) is 7.48. The summed E-state index contributed by atoms with van der Waals surface area (Å²) >= 11 is 2.02. The third-order valence-corrected chi connectivity index (χ3v) is 5.56. The van der Waals surface area contributed by atoms with Crippen LogP contribution in [0.15, 0.2) is 57.2 Å². The molecule has 0 fully saturated rings. The fourth-order valence-corrected chi connectivity index (χ4v) is 4.21. The Morgan fingerprint density at radius 3 is 2.50 bits per heavy atom. The van der Waals surface area contributed by atoms with E-state index in [0.717, 1.165) is 16.7 Å². The van der Waals surface area contributed by atoms with E-state index < -0.39 is 24.4 Å². The van der Waals surface area contributed by atoms with E-state index in [0.29, 0.717) is 9.15 Å². The first-order valence-electron chi connectivity index (χ1n) is 7.99. The lowest BCUT2D eigenvalue weighted by molar-refractivity contribution is -0.178. The number of nitrogens with one attached hydrogen (secondary N) is 1. The molecule has 26 heavy (non-hydrogen) atoms. The summed E-state index contributed by atoms with van der Waals surface area (Å²) in [7, 11) is 0. The van der Waals surface area contributed by atoms with Gasteiger partial charge in [-0.05, 0) is 65.3 Å². The van der Waals surface area contributed by atoms with Gasteiger partial charge in [-0.2, -0.15) is 13.2 Å². The monoisotopic (exact) mass is 475 g/mol. The highest BCUT2D eigenvalue weighted by molar-refractivity contribution is 14.1. The van der Waals surface area contributed by atoms with Crippen molar-refractivity contribution in [3.8, 4) is 0 Å². The highest BCUT2D eigenvalue weighted by atomic mass is 127. The van der Waals surface area contributed by atoms with Crippen molar-refractivity contribution in [3.05, 3.63) is 62.8 Å². The normalized spacial score (nSPS) is 26.1. The van der Waals surface area contributed by atoms with E-state index in [2.05, 4.69) is 5.32 Å². The first-order valence-corrected chi connectivity index (χ1v) is 9.07. The van der Waals surface area contributed by atoms with Crippen LogP contribution in [-0.2, 0) is 9.53 Å². The van der Waals surface area contributed by atoms with Gasteiger partial charge in [0.25, 0.3) is 5.91 Å². The van der Waals surface area contributed by atoms with Gasteiger partial charge in [0.15, 0.2) is 0 Å². The summed E-state index contributed by atoms with van der Waals surface area (Å²) in [6.45, 7) is 2.20. The van der Waals surface area contributed by atoms with Crippen molar-refractivity contribution in [1.29, 1.82) is 0 Å². The van der Waals surface area contributed by atoms with Gasteiger partial charge in [-0.3, -0.25) is 4.79 Å². The summed E-state index contributed by atoms with van der Waals surface area (Å²) in [6, 6.07) is 9.49. The Morgan fingerprint density at radius 1 is 1.23 bits per heavy atom. The molecule has 0 aromatic heterocycles. The SMILES string of the molecule is CC1=CC2(NC(=O)C(I)=C2c2ccccc2)C(C)=CC1OCC(F)(F)F. The molecule has 3 rings (SSSR count). The standard InChI is InChI=1S/C19H17F3INO2/c1-11-9-18(12(2)8-14(11)26-10-19(20,21)22)15(16(23)17(25)24-18)13-6-4-3-5-7-13/h3-9,14H,10H2,1-2H3,(H,24,25). The second kappa shape index (κ2) is 6.84. The summed E-state index contributed by atoms with van der Waals surface area (Å²) in [5.74, 6) is -0.198. The minimum Gasteiger partial charge on any atom is -0.360 e. The molecule has 2 atom stereocenters. The Hall–Kier alpha value is -1.61. The zero-order valence-electron chi connectivity index (χ0n) is 14.2. The molecule has 1 heterocycles. The maximum absolute atomic E-state index is 12.5.